The van der Waals surface area contributed by atoms with Crippen LogP contribution in [0.1, 0.15) is 26.7 Å². The van der Waals surface area contributed by atoms with E-state index < -0.39 is 11.6 Å². The molecule has 1 aliphatic heterocycles. The molecule has 0 saturated carbocycles. The predicted molar refractivity (Wildman–Crippen MR) is 80.5 cm³/mol. The van der Waals surface area contributed by atoms with E-state index >= 15 is 0 Å². The molecule has 0 radical (unpaired) electrons. The molecule has 1 fully saturated rings. The topological polar surface area (TPSA) is 69.7 Å². The zero-order chi connectivity index (χ0) is 16.0. The summed E-state index contributed by atoms with van der Waals surface area (Å²) in [5.74, 6) is -0.635. The fourth-order valence-electron chi connectivity index (χ4n) is 2.37. The van der Waals surface area contributed by atoms with Gasteiger partial charge in [-0.25, -0.2) is 4.79 Å². The highest BCUT2D eigenvalue weighted by molar-refractivity contribution is 6.09. The summed E-state index contributed by atoms with van der Waals surface area (Å²) >= 11 is 0. The monoisotopic (exact) mass is 293 g/mol. The van der Waals surface area contributed by atoms with E-state index in [2.05, 4.69) is 18.5 Å². The number of hydrogen-bond donors (Lipinski definition) is 1. The van der Waals surface area contributed by atoms with E-state index in [4.69, 9.17) is 0 Å². The maximum atomic E-state index is 12.4. The van der Waals surface area contributed by atoms with E-state index in [0.29, 0.717) is 25.9 Å². The smallest absolute Gasteiger partial charge is 0.325 e. The van der Waals surface area contributed by atoms with Crippen molar-refractivity contribution in [3.05, 3.63) is 25.3 Å². The van der Waals surface area contributed by atoms with Crippen LogP contribution in [0, 0.1) is 0 Å². The molecule has 1 aliphatic rings. The average molecular weight is 293 g/mol. The molecular weight excluding hydrogens is 270 g/mol. The van der Waals surface area contributed by atoms with Crippen molar-refractivity contribution in [3.63, 3.8) is 0 Å². The van der Waals surface area contributed by atoms with Gasteiger partial charge in [-0.05, 0) is 12.8 Å². The third kappa shape index (κ3) is 3.32. The summed E-state index contributed by atoms with van der Waals surface area (Å²) in [4.78, 5) is 39.1. The van der Waals surface area contributed by atoms with E-state index in [0.717, 1.165) is 4.90 Å². The standard InChI is InChI=1S/C15H23N3O3/c1-5-9-17(10-6-2)12(19)11-18-13(20)15(7-3,8-4)16-14(18)21/h5-6H,1-2,7-11H2,3-4H3,(H,16,21). The van der Waals surface area contributed by atoms with Gasteiger partial charge in [0.1, 0.15) is 12.1 Å². The second-order valence-corrected chi connectivity index (χ2v) is 4.99. The van der Waals surface area contributed by atoms with Crippen LogP contribution in [0.25, 0.3) is 0 Å². The van der Waals surface area contributed by atoms with E-state index in [1.807, 2.05) is 13.8 Å². The molecule has 0 aromatic rings. The van der Waals surface area contributed by atoms with Crippen LogP contribution in [-0.2, 0) is 9.59 Å². The van der Waals surface area contributed by atoms with Crippen LogP contribution in [-0.4, -0.2) is 52.8 Å². The molecular formula is C15H23N3O3. The summed E-state index contributed by atoms with van der Waals surface area (Å²) < 4.78 is 0. The summed E-state index contributed by atoms with van der Waals surface area (Å²) in [6.45, 7) is 11.3. The number of carbonyl (C=O) groups is 3. The third-order valence-corrected chi connectivity index (χ3v) is 3.80. The van der Waals surface area contributed by atoms with Crippen LogP contribution >= 0.6 is 0 Å². The van der Waals surface area contributed by atoms with Crippen LogP contribution in [0.2, 0.25) is 0 Å². The molecule has 1 heterocycles. The minimum atomic E-state index is -0.876. The minimum absolute atomic E-state index is 0.256. The Hall–Kier alpha value is -2.11. The lowest BCUT2D eigenvalue weighted by Gasteiger charge is -2.24. The molecule has 0 aliphatic carbocycles. The Kier molecular flexibility index (Phi) is 5.69. The molecule has 1 N–H and O–H groups in total. The first-order chi connectivity index (χ1) is 9.95. The predicted octanol–water partition coefficient (Wildman–Crippen LogP) is 1.30. The van der Waals surface area contributed by atoms with Gasteiger partial charge in [0, 0.05) is 13.1 Å². The summed E-state index contributed by atoms with van der Waals surface area (Å²) in [6.07, 6.45) is 4.19. The van der Waals surface area contributed by atoms with Crippen LogP contribution in [0.15, 0.2) is 25.3 Å². The highest BCUT2D eigenvalue weighted by atomic mass is 16.2. The summed E-state index contributed by atoms with van der Waals surface area (Å²) in [5, 5.41) is 2.70. The Balaban J connectivity index is 2.84. The Bertz CT molecular complexity index is 445. The molecule has 1 saturated heterocycles. The van der Waals surface area contributed by atoms with Gasteiger partial charge in [0.25, 0.3) is 5.91 Å². The van der Waals surface area contributed by atoms with Crippen molar-refractivity contribution in [2.24, 2.45) is 0 Å². The number of carbonyl (C=O) groups excluding carboxylic acids is 3. The van der Waals surface area contributed by atoms with E-state index in [1.54, 1.807) is 12.2 Å². The van der Waals surface area contributed by atoms with Gasteiger partial charge in [-0.15, -0.1) is 13.2 Å². The first kappa shape index (κ1) is 16.9. The van der Waals surface area contributed by atoms with Crippen molar-refractivity contribution in [2.45, 2.75) is 32.2 Å². The number of imide groups is 1. The SMILES string of the molecule is C=CCN(CC=C)C(=O)CN1C(=O)NC(CC)(CC)C1=O. The quantitative estimate of drug-likeness (QED) is 0.541. The molecule has 116 valence electrons. The van der Waals surface area contributed by atoms with E-state index in [1.165, 1.54) is 4.90 Å². The average Bonchev–Trinajstić information content (AvgIpc) is 2.71. The highest BCUT2D eigenvalue weighted by Crippen LogP contribution is 2.24. The van der Waals surface area contributed by atoms with Gasteiger partial charge in [-0.1, -0.05) is 26.0 Å². The molecule has 1 rings (SSSR count). The normalized spacial score (nSPS) is 16.6. The van der Waals surface area contributed by atoms with E-state index in [-0.39, 0.29) is 18.4 Å². The zero-order valence-electron chi connectivity index (χ0n) is 12.7. The van der Waals surface area contributed by atoms with Crippen LogP contribution in [0.5, 0.6) is 0 Å². The molecule has 0 unspecified atom stereocenters. The van der Waals surface area contributed by atoms with Crippen LogP contribution in [0.4, 0.5) is 4.79 Å². The molecule has 0 aromatic heterocycles. The van der Waals surface area contributed by atoms with Crippen LogP contribution in [0.3, 0.4) is 0 Å². The second-order valence-electron chi connectivity index (χ2n) is 4.99. The number of amides is 4. The van der Waals surface area contributed by atoms with Gasteiger partial charge in [0.15, 0.2) is 0 Å². The van der Waals surface area contributed by atoms with Crippen molar-refractivity contribution in [2.75, 3.05) is 19.6 Å². The molecule has 21 heavy (non-hydrogen) atoms. The fourth-order valence-corrected chi connectivity index (χ4v) is 2.37. The molecule has 0 spiro atoms. The van der Waals surface area contributed by atoms with Crippen LogP contribution < -0.4 is 5.32 Å². The van der Waals surface area contributed by atoms with Gasteiger partial charge in [-0.3, -0.25) is 14.5 Å². The maximum Gasteiger partial charge on any atom is 0.325 e. The second kappa shape index (κ2) is 7.06. The van der Waals surface area contributed by atoms with Crippen molar-refractivity contribution in [1.82, 2.24) is 15.1 Å². The van der Waals surface area contributed by atoms with Crippen molar-refractivity contribution in [1.29, 1.82) is 0 Å². The number of hydrogen-bond acceptors (Lipinski definition) is 3. The first-order valence-electron chi connectivity index (χ1n) is 7.09. The molecule has 0 atom stereocenters. The zero-order valence-corrected chi connectivity index (χ0v) is 12.7. The fraction of sp³-hybridized carbons (Fsp3) is 0.533. The number of nitrogens with one attached hydrogen (secondary N) is 1. The summed E-state index contributed by atoms with van der Waals surface area (Å²) in [6, 6.07) is -0.505. The van der Waals surface area contributed by atoms with Gasteiger partial charge >= 0.3 is 6.03 Å². The Morgan fingerprint density at radius 2 is 1.76 bits per heavy atom. The third-order valence-electron chi connectivity index (χ3n) is 3.80. The molecule has 6 nitrogen and oxygen atoms in total. The Morgan fingerprint density at radius 1 is 1.24 bits per heavy atom. The molecule has 0 bridgehead atoms. The minimum Gasteiger partial charge on any atom is -0.334 e. The van der Waals surface area contributed by atoms with Crippen molar-refractivity contribution >= 4 is 17.8 Å². The molecule has 4 amide bonds. The Labute approximate surface area is 125 Å². The molecule has 6 heteroatoms. The highest BCUT2D eigenvalue weighted by Gasteiger charge is 2.49. The van der Waals surface area contributed by atoms with Gasteiger partial charge in [-0.2, -0.15) is 0 Å². The maximum absolute atomic E-state index is 12.4. The van der Waals surface area contributed by atoms with Gasteiger partial charge in [0.2, 0.25) is 5.91 Å². The lowest BCUT2D eigenvalue weighted by molar-refractivity contribution is -0.138. The van der Waals surface area contributed by atoms with Gasteiger partial charge < -0.3 is 10.2 Å². The van der Waals surface area contributed by atoms with Crippen molar-refractivity contribution in [3.8, 4) is 0 Å². The summed E-state index contributed by atoms with van der Waals surface area (Å²) in [5.41, 5.74) is -0.876. The lowest BCUT2D eigenvalue weighted by atomic mass is 9.93. The lowest BCUT2D eigenvalue weighted by Crippen LogP contribution is -2.47. The summed E-state index contributed by atoms with van der Waals surface area (Å²) in [7, 11) is 0. The number of nitrogens with zero attached hydrogens (tertiary/aromatic N) is 2. The Morgan fingerprint density at radius 3 is 2.14 bits per heavy atom. The van der Waals surface area contributed by atoms with E-state index in [9.17, 15) is 14.4 Å². The largest absolute Gasteiger partial charge is 0.334 e. The molecule has 0 aromatic carbocycles. The van der Waals surface area contributed by atoms with Gasteiger partial charge in [0.05, 0.1) is 0 Å². The van der Waals surface area contributed by atoms with Crippen molar-refractivity contribution < 1.29 is 14.4 Å². The first-order valence-corrected chi connectivity index (χ1v) is 7.09. The number of rotatable bonds is 8. The number of urea groups is 1.